The van der Waals surface area contributed by atoms with Gasteiger partial charge in [-0.2, -0.15) is 4.98 Å². The molecule has 1 aliphatic rings. The number of hydrogen-bond donors (Lipinski definition) is 0. The molecule has 23 heavy (non-hydrogen) atoms. The van der Waals surface area contributed by atoms with Crippen molar-refractivity contribution in [2.24, 2.45) is 0 Å². The van der Waals surface area contributed by atoms with Gasteiger partial charge >= 0.3 is 0 Å². The Morgan fingerprint density at radius 3 is 2.87 bits per heavy atom. The summed E-state index contributed by atoms with van der Waals surface area (Å²) >= 11 is 0. The zero-order chi connectivity index (χ0) is 15.6. The summed E-state index contributed by atoms with van der Waals surface area (Å²) in [6.45, 7) is 3.60. The molecule has 3 heterocycles. The Morgan fingerprint density at radius 1 is 1.22 bits per heavy atom. The fourth-order valence-electron chi connectivity index (χ4n) is 3.06. The molecule has 1 aliphatic heterocycles. The minimum atomic E-state index is 0.150. The highest BCUT2D eigenvalue weighted by Crippen LogP contribution is 2.33. The molecule has 1 atom stereocenters. The molecule has 0 bridgehead atoms. The van der Waals surface area contributed by atoms with Crippen LogP contribution in [0.3, 0.4) is 0 Å². The van der Waals surface area contributed by atoms with Crippen molar-refractivity contribution in [3.05, 3.63) is 54.1 Å². The molecule has 3 aromatic rings. The highest BCUT2D eigenvalue weighted by molar-refractivity contribution is 5.53. The van der Waals surface area contributed by atoms with Crippen LogP contribution in [0.4, 0.5) is 0 Å². The number of hydrogen-bond acceptors (Lipinski definition) is 6. The van der Waals surface area contributed by atoms with E-state index in [9.17, 15) is 0 Å². The number of benzene rings is 1. The maximum absolute atomic E-state index is 5.53. The molecule has 118 valence electrons. The Bertz CT molecular complexity index is 781. The molecule has 1 unspecified atom stereocenters. The van der Waals surface area contributed by atoms with Crippen LogP contribution < -0.4 is 0 Å². The molecule has 0 N–H and O–H groups in total. The normalized spacial score (nSPS) is 18.6. The van der Waals surface area contributed by atoms with E-state index in [1.807, 2.05) is 37.3 Å². The van der Waals surface area contributed by atoms with Gasteiger partial charge in [0.15, 0.2) is 5.89 Å². The molecule has 4 rings (SSSR count). The summed E-state index contributed by atoms with van der Waals surface area (Å²) < 4.78 is 10.8. The van der Waals surface area contributed by atoms with Crippen LogP contribution in [-0.4, -0.2) is 26.6 Å². The molecule has 2 aromatic heterocycles. The van der Waals surface area contributed by atoms with Crippen LogP contribution in [0.2, 0.25) is 0 Å². The van der Waals surface area contributed by atoms with E-state index in [0.29, 0.717) is 17.6 Å². The van der Waals surface area contributed by atoms with E-state index in [1.54, 1.807) is 6.26 Å². The van der Waals surface area contributed by atoms with Crippen LogP contribution in [0.15, 0.2) is 45.5 Å². The van der Waals surface area contributed by atoms with Gasteiger partial charge in [-0.15, -0.1) is 0 Å². The van der Waals surface area contributed by atoms with Crippen molar-refractivity contribution in [1.82, 2.24) is 20.0 Å². The first-order valence-electron chi connectivity index (χ1n) is 7.84. The minimum absolute atomic E-state index is 0.150. The second kappa shape index (κ2) is 5.96. The number of rotatable bonds is 4. The molecule has 1 fully saturated rings. The average molecular weight is 310 g/mol. The Kier molecular flexibility index (Phi) is 3.67. The number of likely N-dealkylation sites (tertiary alicyclic amines) is 1. The molecule has 0 aliphatic carbocycles. The molecule has 0 spiro atoms. The quantitative estimate of drug-likeness (QED) is 0.736. The zero-order valence-corrected chi connectivity index (χ0v) is 13.0. The molecular weight excluding hydrogens is 292 g/mol. The summed E-state index contributed by atoms with van der Waals surface area (Å²) in [4.78, 5) is 11.3. The Morgan fingerprint density at radius 2 is 2.09 bits per heavy atom. The second-order valence-corrected chi connectivity index (χ2v) is 5.81. The monoisotopic (exact) mass is 310 g/mol. The first kappa shape index (κ1) is 14.1. The van der Waals surface area contributed by atoms with Gasteiger partial charge in [0.05, 0.1) is 11.7 Å². The SMILES string of the molecule is Cc1nc(CN2CCCC2c2nc(-c3ccccc3)no2)co1. The number of nitrogens with zero attached hydrogens (tertiary/aromatic N) is 4. The third-order valence-corrected chi connectivity index (χ3v) is 4.15. The average Bonchev–Trinajstić information content (AvgIpc) is 3.29. The van der Waals surface area contributed by atoms with Gasteiger partial charge in [-0.05, 0) is 19.4 Å². The van der Waals surface area contributed by atoms with Crippen molar-refractivity contribution < 1.29 is 8.94 Å². The van der Waals surface area contributed by atoms with Gasteiger partial charge in [0.2, 0.25) is 11.7 Å². The van der Waals surface area contributed by atoms with Crippen molar-refractivity contribution in [1.29, 1.82) is 0 Å². The molecule has 0 saturated carbocycles. The fraction of sp³-hybridized carbons (Fsp3) is 0.353. The Hall–Kier alpha value is -2.47. The van der Waals surface area contributed by atoms with Gasteiger partial charge in [-0.1, -0.05) is 35.5 Å². The maximum Gasteiger partial charge on any atom is 0.244 e. The van der Waals surface area contributed by atoms with Crippen molar-refractivity contribution in [3.8, 4) is 11.4 Å². The van der Waals surface area contributed by atoms with Crippen LogP contribution in [0.5, 0.6) is 0 Å². The van der Waals surface area contributed by atoms with Crippen molar-refractivity contribution >= 4 is 0 Å². The van der Waals surface area contributed by atoms with Crippen molar-refractivity contribution in [2.75, 3.05) is 6.54 Å². The summed E-state index contributed by atoms with van der Waals surface area (Å²) in [5.74, 6) is 2.02. The van der Waals surface area contributed by atoms with E-state index in [0.717, 1.165) is 37.2 Å². The molecule has 0 radical (unpaired) electrons. The van der Waals surface area contributed by atoms with E-state index in [2.05, 4.69) is 20.0 Å². The Balaban J connectivity index is 1.54. The van der Waals surface area contributed by atoms with E-state index in [4.69, 9.17) is 8.94 Å². The standard InChI is InChI=1S/C17H18N4O2/c1-12-18-14(11-22-12)10-21-9-5-8-15(21)17-19-16(20-23-17)13-6-3-2-4-7-13/h2-4,6-7,11,15H,5,8-10H2,1H3. The van der Waals surface area contributed by atoms with Gasteiger partial charge in [0.25, 0.3) is 0 Å². The van der Waals surface area contributed by atoms with Gasteiger partial charge in [-0.25, -0.2) is 4.98 Å². The van der Waals surface area contributed by atoms with E-state index >= 15 is 0 Å². The van der Waals surface area contributed by atoms with Crippen molar-refractivity contribution in [3.63, 3.8) is 0 Å². The lowest BCUT2D eigenvalue weighted by Gasteiger charge is -2.19. The predicted molar refractivity (Wildman–Crippen MR) is 83.4 cm³/mol. The summed E-state index contributed by atoms with van der Waals surface area (Å²) in [6, 6.07) is 10.0. The molecular formula is C17H18N4O2. The van der Waals surface area contributed by atoms with Gasteiger partial charge in [0.1, 0.15) is 6.26 Å². The highest BCUT2D eigenvalue weighted by atomic mass is 16.5. The van der Waals surface area contributed by atoms with Gasteiger partial charge in [-0.3, -0.25) is 4.90 Å². The lowest BCUT2D eigenvalue weighted by molar-refractivity contribution is 0.199. The lowest BCUT2D eigenvalue weighted by atomic mass is 10.2. The molecule has 1 saturated heterocycles. The first-order valence-corrected chi connectivity index (χ1v) is 7.84. The van der Waals surface area contributed by atoms with Crippen LogP contribution >= 0.6 is 0 Å². The topological polar surface area (TPSA) is 68.2 Å². The smallest absolute Gasteiger partial charge is 0.244 e. The van der Waals surface area contributed by atoms with E-state index in [-0.39, 0.29) is 6.04 Å². The number of oxazole rings is 1. The van der Waals surface area contributed by atoms with Gasteiger partial charge in [0, 0.05) is 19.0 Å². The molecule has 6 heteroatoms. The zero-order valence-electron chi connectivity index (χ0n) is 13.0. The number of aryl methyl sites for hydroxylation is 1. The van der Waals surface area contributed by atoms with Crippen LogP contribution in [-0.2, 0) is 6.54 Å². The fourth-order valence-corrected chi connectivity index (χ4v) is 3.06. The van der Waals surface area contributed by atoms with Crippen molar-refractivity contribution in [2.45, 2.75) is 32.4 Å². The summed E-state index contributed by atoms with van der Waals surface area (Å²) in [5.41, 5.74) is 1.91. The molecule has 0 amide bonds. The van der Waals surface area contributed by atoms with Crippen LogP contribution in [0, 0.1) is 6.92 Å². The lowest BCUT2D eigenvalue weighted by Crippen LogP contribution is -2.23. The maximum atomic E-state index is 5.53. The minimum Gasteiger partial charge on any atom is -0.449 e. The summed E-state index contributed by atoms with van der Waals surface area (Å²) in [7, 11) is 0. The largest absolute Gasteiger partial charge is 0.449 e. The Labute approximate surface area is 134 Å². The first-order chi connectivity index (χ1) is 11.3. The summed E-state index contributed by atoms with van der Waals surface area (Å²) in [5, 5.41) is 4.13. The van der Waals surface area contributed by atoms with Crippen LogP contribution in [0.25, 0.3) is 11.4 Å². The molecule has 1 aromatic carbocycles. The third-order valence-electron chi connectivity index (χ3n) is 4.15. The molecule has 6 nitrogen and oxygen atoms in total. The van der Waals surface area contributed by atoms with Gasteiger partial charge < -0.3 is 8.94 Å². The predicted octanol–water partition coefficient (Wildman–Crippen LogP) is 3.37. The van der Waals surface area contributed by atoms with E-state index < -0.39 is 0 Å². The highest BCUT2D eigenvalue weighted by Gasteiger charge is 2.31. The van der Waals surface area contributed by atoms with E-state index in [1.165, 1.54) is 0 Å². The summed E-state index contributed by atoms with van der Waals surface area (Å²) in [6.07, 6.45) is 3.85. The van der Waals surface area contributed by atoms with Crippen LogP contribution in [0.1, 0.15) is 36.4 Å². The number of aromatic nitrogens is 3. The third kappa shape index (κ3) is 2.90. The second-order valence-electron chi connectivity index (χ2n) is 5.81.